The van der Waals surface area contributed by atoms with Gasteiger partial charge in [0.05, 0.1) is 21.1 Å². The van der Waals surface area contributed by atoms with Gasteiger partial charge in [0.2, 0.25) is 0 Å². The fourth-order valence-corrected chi connectivity index (χ4v) is 3.34. The van der Waals surface area contributed by atoms with E-state index in [1.165, 1.54) is 30.5 Å². The summed E-state index contributed by atoms with van der Waals surface area (Å²) in [4.78, 5) is 35.6. The van der Waals surface area contributed by atoms with Crippen LogP contribution < -0.4 is 10.6 Å². The summed E-state index contributed by atoms with van der Waals surface area (Å²) in [7, 11) is 1.50. The Hall–Kier alpha value is -2.45. The first-order valence-electron chi connectivity index (χ1n) is 6.83. The quantitative estimate of drug-likeness (QED) is 0.637. The van der Waals surface area contributed by atoms with Crippen molar-refractivity contribution in [1.29, 1.82) is 0 Å². The normalized spacial score (nSPS) is 10.3. The number of nitrogens with zero attached hydrogens (tertiary/aromatic N) is 1. The number of thiophene rings is 1. The maximum absolute atomic E-state index is 12.5. The highest BCUT2D eigenvalue weighted by Gasteiger charge is 2.22. The minimum Gasteiger partial charge on any atom is -0.355 e. The second kappa shape index (κ2) is 6.98. The van der Waals surface area contributed by atoms with E-state index in [2.05, 4.69) is 10.6 Å². The number of hydrogen-bond donors (Lipinski definition) is 2. The number of aryl methyl sites for hydroxylation is 1. The first-order chi connectivity index (χ1) is 11.3. The van der Waals surface area contributed by atoms with Gasteiger partial charge in [0.15, 0.2) is 0 Å². The molecule has 0 bridgehead atoms. The number of non-ortho nitro benzene ring substituents is 1. The Morgan fingerprint density at radius 3 is 2.50 bits per heavy atom. The number of benzene rings is 1. The number of nitro benzene ring substituents is 1. The van der Waals surface area contributed by atoms with Gasteiger partial charge in [-0.3, -0.25) is 19.7 Å². The maximum atomic E-state index is 12.5. The highest BCUT2D eigenvalue weighted by Crippen LogP contribution is 2.33. The van der Waals surface area contributed by atoms with Crippen molar-refractivity contribution in [2.24, 2.45) is 0 Å². The van der Waals surface area contributed by atoms with Crippen molar-refractivity contribution >= 4 is 45.4 Å². The van der Waals surface area contributed by atoms with Crippen LogP contribution in [0, 0.1) is 24.0 Å². The molecule has 24 heavy (non-hydrogen) atoms. The molecular formula is C15H14ClN3O4S. The Balaban J connectivity index is 2.41. The Labute approximate surface area is 146 Å². The Morgan fingerprint density at radius 2 is 1.92 bits per heavy atom. The molecular weight excluding hydrogens is 354 g/mol. The molecule has 0 saturated heterocycles. The number of nitrogens with one attached hydrogen (secondary N) is 2. The fraction of sp³-hybridized carbons (Fsp3) is 0.200. The third-order valence-electron chi connectivity index (χ3n) is 3.47. The van der Waals surface area contributed by atoms with Crippen LogP contribution in [0.1, 0.15) is 31.2 Å². The molecule has 2 rings (SSSR count). The average Bonchev–Trinajstić information content (AvgIpc) is 2.81. The lowest BCUT2D eigenvalue weighted by molar-refractivity contribution is -0.384. The Kier molecular flexibility index (Phi) is 5.20. The highest BCUT2D eigenvalue weighted by molar-refractivity contribution is 7.16. The molecule has 0 unspecified atom stereocenters. The molecule has 0 aliphatic heterocycles. The molecule has 1 heterocycles. The predicted octanol–water partition coefficient (Wildman–Crippen LogP) is 3.54. The molecule has 1 aromatic carbocycles. The molecule has 2 aromatic rings. The number of rotatable bonds is 4. The third-order valence-corrected chi connectivity index (χ3v) is 4.92. The smallest absolute Gasteiger partial charge is 0.270 e. The van der Waals surface area contributed by atoms with Crippen molar-refractivity contribution in [3.05, 3.63) is 54.9 Å². The summed E-state index contributed by atoms with van der Waals surface area (Å²) in [6.45, 7) is 3.62. The molecule has 0 radical (unpaired) electrons. The van der Waals surface area contributed by atoms with Gasteiger partial charge in [-0.05, 0) is 25.5 Å². The van der Waals surface area contributed by atoms with Gasteiger partial charge in [-0.15, -0.1) is 11.3 Å². The summed E-state index contributed by atoms with van der Waals surface area (Å²) >= 11 is 7.22. The largest absolute Gasteiger partial charge is 0.355 e. The number of hydrogen-bond acceptors (Lipinski definition) is 5. The fourth-order valence-electron chi connectivity index (χ4n) is 2.08. The maximum Gasteiger partial charge on any atom is 0.270 e. The zero-order chi connectivity index (χ0) is 18.0. The van der Waals surface area contributed by atoms with Crippen LogP contribution in [-0.4, -0.2) is 23.8 Å². The van der Waals surface area contributed by atoms with E-state index < -0.39 is 10.8 Å². The van der Waals surface area contributed by atoms with E-state index in [-0.39, 0.29) is 22.2 Å². The van der Waals surface area contributed by atoms with Gasteiger partial charge < -0.3 is 10.6 Å². The van der Waals surface area contributed by atoms with Crippen LogP contribution in [0.4, 0.5) is 10.7 Å². The molecule has 0 atom stereocenters. The van der Waals surface area contributed by atoms with Crippen LogP contribution in [0.3, 0.4) is 0 Å². The van der Waals surface area contributed by atoms with Crippen LogP contribution in [-0.2, 0) is 0 Å². The molecule has 1 aromatic heterocycles. The first-order valence-corrected chi connectivity index (χ1v) is 8.03. The van der Waals surface area contributed by atoms with Crippen molar-refractivity contribution in [3.8, 4) is 0 Å². The molecule has 0 fully saturated rings. The number of halogens is 1. The van der Waals surface area contributed by atoms with E-state index >= 15 is 0 Å². The van der Waals surface area contributed by atoms with E-state index in [4.69, 9.17) is 11.6 Å². The molecule has 0 spiro atoms. The Bertz CT molecular complexity index is 847. The summed E-state index contributed by atoms with van der Waals surface area (Å²) in [5.41, 5.74) is 0.863. The van der Waals surface area contributed by atoms with Crippen molar-refractivity contribution in [2.75, 3.05) is 12.4 Å². The lowest BCUT2D eigenvalue weighted by Crippen LogP contribution is -2.21. The van der Waals surface area contributed by atoms with E-state index in [9.17, 15) is 19.7 Å². The van der Waals surface area contributed by atoms with Gasteiger partial charge in [-0.25, -0.2) is 0 Å². The van der Waals surface area contributed by atoms with Gasteiger partial charge in [0.25, 0.3) is 17.5 Å². The molecule has 0 aliphatic carbocycles. The predicted molar refractivity (Wildman–Crippen MR) is 93.2 cm³/mol. The number of anilines is 1. The van der Waals surface area contributed by atoms with Crippen molar-refractivity contribution < 1.29 is 14.5 Å². The summed E-state index contributed by atoms with van der Waals surface area (Å²) in [5, 5.41) is 16.5. The molecule has 7 nitrogen and oxygen atoms in total. The summed E-state index contributed by atoms with van der Waals surface area (Å²) < 4.78 is 0. The van der Waals surface area contributed by atoms with E-state index in [0.717, 1.165) is 16.5 Å². The SMILES string of the molecule is CNC(=O)c1c(NC(=O)c2cc([N+](=O)[O-])ccc2Cl)sc(C)c1C. The zero-order valence-electron chi connectivity index (χ0n) is 13.1. The summed E-state index contributed by atoms with van der Waals surface area (Å²) in [5.74, 6) is -0.938. The van der Waals surface area contributed by atoms with Gasteiger partial charge in [0, 0.05) is 24.1 Å². The molecule has 0 saturated carbocycles. The van der Waals surface area contributed by atoms with E-state index in [0.29, 0.717) is 10.6 Å². The van der Waals surface area contributed by atoms with Gasteiger partial charge in [-0.2, -0.15) is 0 Å². The zero-order valence-corrected chi connectivity index (χ0v) is 14.7. The first kappa shape index (κ1) is 17.9. The lowest BCUT2D eigenvalue weighted by atomic mass is 10.1. The third kappa shape index (κ3) is 3.39. The van der Waals surface area contributed by atoms with Crippen LogP contribution in [0.25, 0.3) is 0 Å². The van der Waals surface area contributed by atoms with E-state index in [1.54, 1.807) is 6.92 Å². The van der Waals surface area contributed by atoms with Crippen molar-refractivity contribution in [2.45, 2.75) is 13.8 Å². The standard InChI is InChI=1S/C15H14ClN3O4S/c1-7-8(2)24-15(12(7)14(21)17-3)18-13(20)10-6-9(19(22)23)4-5-11(10)16/h4-6H,1-3H3,(H,17,21)(H,18,20). The molecule has 0 aliphatic rings. The molecule has 2 amide bonds. The van der Waals surface area contributed by atoms with Crippen LogP contribution in [0.2, 0.25) is 5.02 Å². The van der Waals surface area contributed by atoms with Gasteiger partial charge in [-0.1, -0.05) is 11.6 Å². The van der Waals surface area contributed by atoms with Gasteiger partial charge >= 0.3 is 0 Å². The number of carbonyl (C=O) groups is 2. The highest BCUT2D eigenvalue weighted by atomic mass is 35.5. The van der Waals surface area contributed by atoms with Crippen LogP contribution >= 0.6 is 22.9 Å². The number of amides is 2. The average molecular weight is 368 g/mol. The van der Waals surface area contributed by atoms with Crippen LogP contribution in [0.5, 0.6) is 0 Å². The number of carbonyl (C=O) groups excluding carboxylic acids is 2. The van der Waals surface area contributed by atoms with Crippen molar-refractivity contribution in [1.82, 2.24) is 5.32 Å². The molecule has 126 valence electrons. The molecule has 2 N–H and O–H groups in total. The lowest BCUT2D eigenvalue weighted by Gasteiger charge is -2.08. The van der Waals surface area contributed by atoms with Gasteiger partial charge in [0.1, 0.15) is 5.00 Å². The minimum absolute atomic E-state index is 0.0302. The minimum atomic E-state index is -0.616. The topological polar surface area (TPSA) is 101 Å². The second-order valence-corrected chi connectivity index (χ2v) is 6.57. The van der Waals surface area contributed by atoms with Crippen molar-refractivity contribution in [3.63, 3.8) is 0 Å². The molecule has 9 heteroatoms. The van der Waals surface area contributed by atoms with Crippen LogP contribution in [0.15, 0.2) is 18.2 Å². The second-order valence-electron chi connectivity index (χ2n) is 4.94. The Morgan fingerprint density at radius 1 is 1.25 bits per heavy atom. The summed E-state index contributed by atoms with van der Waals surface area (Å²) in [6, 6.07) is 3.61. The monoisotopic (exact) mass is 367 g/mol. The van der Waals surface area contributed by atoms with E-state index in [1.807, 2.05) is 6.92 Å². The summed E-state index contributed by atoms with van der Waals surface area (Å²) in [6.07, 6.45) is 0. The number of nitro groups is 1.